The fraction of sp³-hybridized carbons (Fsp3) is 0.615. The van der Waals surface area contributed by atoms with Crippen LogP contribution in [0.3, 0.4) is 0 Å². The quantitative estimate of drug-likeness (QED) is 0.807. The van der Waals surface area contributed by atoms with Crippen molar-refractivity contribution in [3.8, 4) is 0 Å². The molecule has 0 bridgehead atoms. The summed E-state index contributed by atoms with van der Waals surface area (Å²) in [4.78, 5) is 13.6. The molecule has 0 aromatic carbocycles. The number of aromatic nitrogens is 2. The first-order valence-electron chi connectivity index (χ1n) is 5.96. The predicted octanol–water partition coefficient (Wildman–Crippen LogP) is 2.26. The lowest BCUT2D eigenvalue weighted by Crippen LogP contribution is -2.28. The second kappa shape index (κ2) is 5.25. The van der Waals surface area contributed by atoms with E-state index in [2.05, 4.69) is 31.0 Å². The van der Waals surface area contributed by atoms with Crippen molar-refractivity contribution in [2.45, 2.75) is 39.5 Å². The SMILES string of the molecule is CCCN(C)C(=O)c1ccc(C(C)(C)C)nn1. The molecular formula is C13H21N3O. The van der Waals surface area contributed by atoms with Gasteiger partial charge in [0.15, 0.2) is 5.69 Å². The molecule has 4 heteroatoms. The van der Waals surface area contributed by atoms with Gasteiger partial charge in [-0.3, -0.25) is 4.79 Å². The Labute approximate surface area is 103 Å². The van der Waals surface area contributed by atoms with E-state index in [1.165, 1.54) is 0 Å². The molecule has 94 valence electrons. The first kappa shape index (κ1) is 13.6. The molecule has 1 amide bonds. The van der Waals surface area contributed by atoms with Crippen LogP contribution in [-0.4, -0.2) is 34.6 Å². The molecule has 0 spiro atoms. The Balaban J connectivity index is 2.84. The van der Waals surface area contributed by atoms with Crippen molar-refractivity contribution in [1.29, 1.82) is 0 Å². The van der Waals surface area contributed by atoms with Gasteiger partial charge in [-0.05, 0) is 18.6 Å². The largest absolute Gasteiger partial charge is 0.340 e. The molecule has 0 fully saturated rings. The standard InChI is InChI=1S/C13H21N3O/c1-6-9-16(5)12(17)10-7-8-11(15-14-10)13(2,3)4/h7-8H,6,9H2,1-5H3. The van der Waals surface area contributed by atoms with Crippen LogP contribution in [-0.2, 0) is 5.41 Å². The van der Waals surface area contributed by atoms with E-state index in [-0.39, 0.29) is 11.3 Å². The van der Waals surface area contributed by atoms with Gasteiger partial charge in [-0.2, -0.15) is 5.10 Å². The van der Waals surface area contributed by atoms with Crippen molar-refractivity contribution < 1.29 is 4.79 Å². The van der Waals surface area contributed by atoms with Crippen molar-refractivity contribution >= 4 is 5.91 Å². The molecule has 0 saturated heterocycles. The number of rotatable bonds is 3. The summed E-state index contributed by atoms with van der Waals surface area (Å²) in [6.45, 7) is 8.99. The second-order valence-electron chi connectivity index (χ2n) is 5.28. The van der Waals surface area contributed by atoms with E-state index in [0.717, 1.165) is 18.7 Å². The van der Waals surface area contributed by atoms with Gasteiger partial charge in [0.1, 0.15) is 0 Å². The summed E-state index contributed by atoms with van der Waals surface area (Å²) in [5.74, 6) is -0.0696. The van der Waals surface area contributed by atoms with Crippen LogP contribution in [0.1, 0.15) is 50.3 Å². The molecule has 1 aromatic rings. The molecule has 0 aliphatic rings. The van der Waals surface area contributed by atoms with E-state index >= 15 is 0 Å². The number of hydrogen-bond acceptors (Lipinski definition) is 3. The van der Waals surface area contributed by atoms with Crippen LogP contribution >= 0.6 is 0 Å². The number of hydrogen-bond donors (Lipinski definition) is 0. The highest BCUT2D eigenvalue weighted by atomic mass is 16.2. The minimum Gasteiger partial charge on any atom is -0.340 e. The molecule has 0 radical (unpaired) electrons. The van der Waals surface area contributed by atoms with Gasteiger partial charge >= 0.3 is 0 Å². The summed E-state index contributed by atoms with van der Waals surface area (Å²) >= 11 is 0. The third-order valence-electron chi connectivity index (χ3n) is 2.56. The summed E-state index contributed by atoms with van der Waals surface area (Å²) in [5.41, 5.74) is 1.27. The fourth-order valence-electron chi connectivity index (χ4n) is 1.48. The normalized spacial score (nSPS) is 11.4. The maximum atomic E-state index is 11.9. The van der Waals surface area contributed by atoms with E-state index in [4.69, 9.17) is 0 Å². The van der Waals surface area contributed by atoms with E-state index < -0.39 is 0 Å². The zero-order valence-corrected chi connectivity index (χ0v) is 11.3. The third-order valence-corrected chi connectivity index (χ3v) is 2.56. The van der Waals surface area contributed by atoms with E-state index in [0.29, 0.717) is 5.69 Å². The van der Waals surface area contributed by atoms with Gasteiger partial charge in [-0.1, -0.05) is 27.7 Å². The Kier molecular flexibility index (Phi) is 4.21. The lowest BCUT2D eigenvalue weighted by Gasteiger charge is -2.18. The summed E-state index contributed by atoms with van der Waals surface area (Å²) in [6.07, 6.45) is 0.940. The van der Waals surface area contributed by atoms with Gasteiger partial charge in [0.2, 0.25) is 0 Å². The Morgan fingerprint density at radius 2 is 1.94 bits per heavy atom. The van der Waals surface area contributed by atoms with Gasteiger partial charge in [0.25, 0.3) is 5.91 Å². The zero-order chi connectivity index (χ0) is 13.1. The van der Waals surface area contributed by atoms with Crippen LogP contribution in [0.5, 0.6) is 0 Å². The Bertz CT molecular complexity index is 379. The first-order chi connectivity index (χ1) is 7.86. The van der Waals surface area contributed by atoms with E-state index in [1.807, 2.05) is 13.0 Å². The van der Waals surface area contributed by atoms with Crippen molar-refractivity contribution in [1.82, 2.24) is 15.1 Å². The van der Waals surface area contributed by atoms with Crippen molar-refractivity contribution in [3.05, 3.63) is 23.5 Å². The smallest absolute Gasteiger partial charge is 0.274 e. The van der Waals surface area contributed by atoms with Crippen LogP contribution in [0.4, 0.5) is 0 Å². The summed E-state index contributed by atoms with van der Waals surface area (Å²) in [7, 11) is 1.78. The summed E-state index contributed by atoms with van der Waals surface area (Å²) in [6, 6.07) is 3.63. The molecule has 17 heavy (non-hydrogen) atoms. The molecule has 4 nitrogen and oxygen atoms in total. The number of carbonyl (C=O) groups excluding carboxylic acids is 1. The van der Waals surface area contributed by atoms with Crippen LogP contribution in [0.25, 0.3) is 0 Å². The molecule has 1 rings (SSSR count). The predicted molar refractivity (Wildman–Crippen MR) is 68.0 cm³/mol. The van der Waals surface area contributed by atoms with Crippen LogP contribution in [0.2, 0.25) is 0 Å². The Hall–Kier alpha value is -1.45. The monoisotopic (exact) mass is 235 g/mol. The molecule has 0 saturated carbocycles. The average molecular weight is 235 g/mol. The van der Waals surface area contributed by atoms with Gasteiger partial charge < -0.3 is 4.90 Å². The van der Waals surface area contributed by atoms with E-state index in [9.17, 15) is 4.79 Å². The highest BCUT2D eigenvalue weighted by molar-refractivity contribution is 5.91. The zero-order valence-electron chi connectivity index (χ0n) is 11.3. The van der Waals surface area contributed by atoms with Gasteiger partial charge in [0.05, 0.1) is 5.69 Å². The molecule has 1 heterocycles. The van der Waals surface area contributed by atoms with Crippen molar-refractivity contribution in [3.63, 3.8) is 0 Å². The van der Waals surface area contributed by atoms with Crippen molar-refractivity contribution in [2.75, 3.05) is 13.6 Å². The Morgan fingerprint density at radius 1 is 1.29 bits per heavy atom. The topological polar surface area (TPSA) is 46.1 Å². The summed E-state index contributed by atoms with van der Waals surface area (Å²) < 4.78 is 0. The van der Waals surface area contributed by atoms with E-state index in [1.54, 1.807) is 18.0 Å². The molecule has 0 unspecified atom stereocenters. The maximum absolute atomic E-state index is 11.9. The minimum absolute atomic E-state index is 0.0378. The van der Waals surface area contributed by atoms with Crippen LogP contribution < -0.4 is 0 Å². The minimum atomic E-state index is -0.0696. The third kappa shape index (κ3) is 3.51. The average Bonchev–Trinajstić information content (AvgIpc) is 2.27. The van der Waals surface area contributed by atoms with Gasteiger partial charge in [0, 0.05) is 19.0 Å². The molecular weight excluding hydrogens is 214 g/mol. The lowest BCUT2D eigenvalue weighted by atomic mass is 9.92. The first-order valence-corrected chi connectivity index (χ1v) is 5.96. The summed E-state index contributed by atoms with van der Waals surface area (Å²) in [5, 5.41) is 8.12. The number of amides is 1. The van der Waals surface area contributed by atoms with Gasteiger partial charge in [-0.25, -0.2) is 0 Å². The van der Waals surface area contributed by atoms with Crippen molar-refractivity contribution in [2.24, 2.45) is 0 Å². The van der Waals surface area contributed by atoms with Crippen LogP contribution in [0.15, 0.2) is 12.1 Å². The lowest BCUT2D eigenvalue weighted by molar-refractivity contribution is 0.0788. The number of carbonyl (C=O) groups is 1. The molecule has 0 aliphatic carbocycles. The van der Waals surface area contributed by atoms with Gasteiger partial charge in [-0.15, -0.1) is 5.10 Å². The highest BCUT2D eigenvalue weighted by Crippen LogP contribution is 2.18. The van der Waals surface area contributed by atoms with Crippen LogP contribution in [0, 0.1) is 0 Å². The maximum Gasteiger partial charge on any atom is 0.274 e. The number of nitrogens with zero attached hydrogens (tertiary/aromatic N) is 3. The Morgan fingerprint density at radius 3 is 2.35 bits per heavy atom. The molecule has 0 N–H and O–H groups in total. The fourth-order valence-corrected chi connectivity index (χ4v) is 1.48. The second-order valence-corrected chi connectivity index (χ2v) is 5.28. The molecule has 0 atom stereocenters. The molecule has 0 aliphatic heterocycles. The highest BCUT2D eigenvalue weighted by Gasteiger charge is 2.18. The molecule has 1 aromatic heterocycles.